The van der Waals surface area contributed by atoms with Crippen LogP contribution < -0.4 is 10.1 Å². The smallest absolute Gasteiger partial charge is 0.255 e. The lowest BCUT2D eigenvalue weighted by Crippen LogP contribution is -2.35. The van der Waals surface area contributed by atoms with Gasteiger partial charge in [-0.25, -0.2) is 0 Å². The highest BCUT2D eigenvalue weighted by atomic mass is 35.5. The summed E-state index contributed by atoms with van der Waals surface area (Å²) in [6.45, 7) is 4.93. The van der Waals surface area contributed by atoms with Gasteiger partial charge in [0, 0.05) is 31.2 Å². The van der Waals surface area contributed by atoms with Gasteiger partial charge in [-0.1, -0.05) is 35.9 Å². The van der Waals surface area contributed by atoms with Gasteiger partial charge >= 0.3 is 0 Å². The normalized spacial score (nSPS) is 14.8. The molecule has 1 saturated heterocycles. The topological polar surface area (TPSA) is 50.8 Å². The molecule has 0 atom stereocenters. The summed E-state index contributed by atoms with van der Waals surface area (Å²) in [6, 6.07) is 13.3. The predicted molar refractivity (Wildman–Crippen MR) is 102 cm³/mol. The number of ether oxygens (including phenoxy) is 2. The summed E-state index contributed by atoms with van der Waals surface area (Å²) in [4.78, 5) is 14.8. The number of rotatable bonds is 6. The van der Waals surface area contributed by atoms with Crippen LogP contribution in [0.1, 0.15) is 21.5 Å². The fraction of sp³-hybridized carbons (Fsp3) is 0.350. The van der Waals surface area contributed by atoms with Gasteiger partial charge in [0.25, 0.3) is 5.91 Å². The SMILES string of the molecule is COc1ccc(Cl)cc1C(=O)NCc1ccc(CN2CCOCC2)cc1. The Morgan fingerprint density at radius 2 is 1.85 bits per heavy atom. The van der Waals surface area contributed by atoms with Crippen LogP contribution in [0.5, 0.6) is 5.75 Å². The van der Waals surface area contributed by atoms with Crippen LogP contribution in [-0.4, -0.2) is 44.2 Å². The summed E-state index contributed by atoms with van der Waals surface area (Å²) in [6.07, 6.45) is 0. The van der Waals surface area contributed by atoms with Crippen molar-refractivity contribution in [3.63, 3.8) is 0 Å². The van der Waals surface area contributed by atoms with Gasteiger partial charge < -0.3 is 14.8 Å². The van der Waals surface area contributed by atoms with Crippen molar-refractivity contribution in [2.75, 3.05) is 33.4 Å². The van der Waals surface area contributed by atoms with Crippen LogP contribution in [0.3, 0.4) is 0 Å². The van der Waals surface area contributed by atoms with Crippen molar-refractivity contribution in [3.8, 4) is 5.75 Å². The van der Waals surface area contributed by atoms with Gasteiger partial charge in [-0.15, -0.1) is 0 Å². The molecule has 3 rings (SSSR count). The summed E-state index contributed by atoms with van der Waals surface area (Å²) < 4.78 is 10.6. The Morgan fingerprint density at radius 3 is 2.54 bits per heavy atom. The van der Waals surface area contributed by atoms with Gasteiger partial charge in [0.15, 0.2) is 0 Å². The van der Waals surface area contributed by atoms with Crippen LogP contribution >= 0.6 is 11.6 Å². The molecule has 1 heterocycles. The number of amides is 1. The van der Waals surface area contributed by atoms with Gasteiger partial charge in [0.05, 0.1) is 25.9 Å². The highest BCUT2D eigenvalue weighted by Gasteiger charge is 2.13. The lowest BCUT2D eigenvalue weighted by atomic mass is 10.1. The van der Waals surface area contributed by atoms with Crippen molar-refractivity contribution >= 4 is 17.5 Å². The van der Waals surface area contributed by atoms with Crippen LogP contribution in [0.15, 0.2) is 42.5 Å². The second-order valence-electron chi connectivity index (χ2n) is 6.23. The Labute approximate surface area is 158 Å². The molecule has 0 radical (unpaired) electrons. The zero-order valence-corrected chi connectivity index (χ0v) is 15.6. The second kappa shape index (κ2) is 9.03. The van der Waals surface area contributed by atoms with Crippen molar-refractivity contribution in [2.45, 2.75) is 13.1 Å². The minimum absolute atomic E-state index is 0.207. The molecule has 1 aliphatic heterocycles. The first-order chi connectivity index (χ1) is 12.7. The number of nitrogens with zero attached hydrogens (tertiary/aromatic N) is 1. The zero-order chi connectivity index (χ0) is 18.4. The maximum absolute atomic E-state index is 12.4. The maximum atomic E-state index is 12.4. The molecule has 6 heteroatoms. The van der Waals surface area contributed by atoms with E-state index in [1.807, 2.05) is 12.1 Å². The van der Waals surface area contributed by atoms with Crippen LogP contribution in [0.25, 0.3) is 0 Å². The number of hydrogen-bond donors (Lipinski definition) is 1. The van der Waals surface area contributed by atoms with Crippen molar-refractivity contribution in [1.82, 2.24) is 10.2 Å². The summed E-state index contributed by atoms with van der Waals surface area (Å²) in [5.74, 6) is 0.300. The number of hydrogen-bond acceptors (Lipinski definition) is 4. The molecule has 0 unspecified atom stereocenters. The molecule has 1 aliphatic rings. The standard InChI is InChI=1S/C20H23ClN2O3/c1-25-19-7-6-17(21)12-18(19)20(24)22-13-15-2-4-16(5-3-15)14-23-8-10-26-11-9-23/h2-7,12H,8-11,13-14H2,1H3,(H,22,24). The molecule has 0 spiro atoms. The molecule has 1 N–H and O–H groups in total. The number of morpholine rings is 1. The fourth-order valence-electron chi connectivity index (χ4n) is 2.92. The van der Waals surface area contributed by atoms with E-state index >= 15 is 0 Å². The molecule has 2 aromatic rings. The highest BCUT2D eigenvalue weighted by molar-refractivity contribution is 6.31. The van der Waals surface area contributed by atoms with E-state index in [1.165, 1.54) is 12.7 Å². The zero-order valence-electron chi connectivity index (χ0n) is 14.8. The quantitative estimate of drug-likeness (QED) is 0.844. The summed E-state index contributed by atoms with van der Waals surface area (Å²) >= 11 is 5.99. The Bertz CT molecular complexity index is 743. The number of methoxy groups -OCH3 is 1. The molecule has 1 fully saturated rings. The first-order valence-corrected chi connectivity index (χ1v) is 9.03. The first-order valence-electron chi connectivity index (χ1n) is 8.65. The predicted octanol–water partition coefficient (Wildman–Crippen LogP) is 3.11. The molecule has 0 saturated carbocycles. The van der Waals surface area contributed by atoms with E-state index in [2.05, 4.69) is 22.3 Å². The van der Waals surface area contributed by atoms with Crippen LogP contribution in [0.2, 0.25) is 5.02 Å². The number of carbonyl (C=O) groups excluding carboxylic acids is 1. The summed E-state index contributed by atoms with van der Waals surface area (Å²) in [7, 11) is 1.53. The third kappa shape index (κ3) is 4.97. The molecule has 0 bridgehead atoms. The number of carbonyl (C=O) groups is 1. The van der Waals surface area contributed by atoms with E-state index in [0.29, 0.717) is 22.9 Å². The largest absolute Gasteiger partial charge is 0.496 e. The van der Waals surface area contributed by atoms with E-state index in [0.717, 1.165) is 38.4 Å². The monoisotopic (exact) mass is 374 g/mol. The van der Waals surface area contributed by atoms with Gasteiger partial charge in [-0.2, -0.15) is 0 Å². The second-order valence-corrected chi connectivity index (χ2v) is 6.67. The molecular formula is C20H23ClN2O3. The number of benzene rings is 2. The van der Waals surface area contributed by atoms with Crippen LogP contribution in [-0.2, 0) is 17.8 Å². The minimum atomic E-state index is -0.207. The fourth-order valence-corrected chi connectivity index (χ4v) is 3.09. The van der Waals surface area contributed by atoms with E-state index in [9.17, 15) is 4.79 Å². The molecule has 2 aromatic carbocycles. The van der Waals surface area contributed by atoms with E-state index < -0.39 is 0 Å². The van der Waals surface area contributed by atoms with Crippen molar-refractivity contribution in [3.05, 3.63) is 64.2 Å². The molecular weight excluding hydrogens is 352 g/mol. The Hall–Kier alpha value is -2.08. The molecule has 1 amide bonds. The van der Waals surface area contributed by atoms with Crippen LogP contribution in [0.4, 0.5) is 0 Å². The van der Waals surface area contributed by atoms with E-state index in [4.69, 9.17) is 21.1 Å². The average molecular weight is 375 g/mol. The lowest BCUT2D eigenvalue weighted by molar-refractivity contribution is 0.0342. The Kier molecular flexibility index (Phi) is 6.50. The van der Waals surface area contributed by atoms with Crippen LogP contribution in [0, 0.1) is 0 Å². The first kappa shape index (κ1) is 18.7. The Morgan fingerprint density at radius 1 is 1.15 bits per heavy atom. The van der Waals surface area contributed by atoms with E-state index in [-0.39, 0.29) is 5.91 Å². The van der Waals surface area contributed by atoms with Gasteiger partial charge in [0.2, 0.25) is 0 Å². The number of halogens is 1. The maximum Gasteiger partial charge on any atom is 0.255 e. The highest BCUT2D eigenvalue weighted by Crippen LogP contribution is 2.22. The molecule has 138 valence electrons. The third-order valence-electron chi connectivity index (χ3n) is 4.39. The summed E-state index contributed by atoms with van der Waals surface area (Å²) in [5, 5.41) is 3.42. The van der Waals surface area contributed by atoms with E-state index in [1.54, 1.807) is 18.2 Å². The Balaban J connectivity index is 1.56. The molecule has 0 aromatic heterocycles. The van der Waals surface area contributed by atoms with Gasteiger partial charge in [-0.05, 0) is 29.3 Å². The molecule has 0 aliphatic carbocycles. The summed E-state index contributed by atoms with van der Waals surface area (Å²) in [5.41, 5.74) is 2.74. The van der Waals surface area contributed by atoms with Crippen molar-refractivity contribution in [1.29, 1.82) is 0 Å². The lowest BCUT2D eigenvalue weighted by Gasteiger charge is -2.26. The van der Waals surface area contributed by atoms with Gasteiger partial charge in [-0.3, -0.25) is 9.69 Å². The molecule has 26 heavy (non-hydrogen) atoms. The molecule has 5 nitrogen and oxygen atoms in total. The minimum Gasteiger partial charge on any atom is -0.496 e. The average Bonchev–Trinajstić information content (AvgIpc) is 2.68. The third-order valence-corrected chi connectivity index (χ3v) is 4.63. The van der Waals surface area contributed by atoms with Crippen molar-refractivity contribution in [2.24, 2.45) is 0 Å². The van der Waals surface area contributed by atoms with Gasteiger partial charge in [0.1, 0.15) is 5.75 Å². The number of nitrogens with one attached hydrogen (secondary N) is 1. The van der Waals surface area contributed by atoms with Crippen molar-refractivity contribution < 1.29 is 14.3 Å².